The third kappa shape index (κ3) is 1.20. The lowest BCUT2D eigenvalue weighted by Crippen LogP contribution is -2.10. The minimum atomic E-state index is -0.316. The Labute approximate surface area is 70.4 Å². The maximum absolute atomic E-state index is 10.6. The van der Waals surface area contributed by atoms with Gasteiger partial charge in [0.25, 0.3) is 0 Å². The molecular formula is C7H11N4O. The van der Waals surface area contributed by atoms with Crippen molar-refractivity contribution in [1.82, 2.24) is 20.2 Å². The monoisotopic (exact) mass is 167 g/mol. The lowest BCUT2D eigenvalue weighted by molar-refractivity contribution is 0.162. The molecule has 0 saturated heterocycles. The minimum Gasteiger partial charge on any atom is -0.228 e. The van der Waals surface area contributed by atoms with Gasteiger partial charge in [0.1, 0.15) is 6.61 Å². The molecule has 0 aliphatic heterocycles. The van der Waals surface area contributed by atoms with Crippen molar-refractivity contribution >= 4 is 0 Å². The van der Waals surface area contributed by atoms with Gasteiger partial charge in [-0.1, -0.05) is 12.8 Å². The summed E-state index contributed by atoms with van der Waals surface area (Å²) in [5.74, 6) is 0.474. The van der Waals surface area contributed by atoms with Gasteiger partial charge >= 0.3 is 0 Å². The fourth-order valence-electron chi connectivity index (χ4n) is 1.74. The van der Waals surface area contributed by atoms with Gasteiger partial charge in [0.05, 0.1) is 6.04 Å². The Morgan fingerprint density at radius 2 is 2.17 bits per heavy atom. The van der Waals surface area contributed by atoms with E-state index in [2.05, 4.69) is 15.5 Å². The van der Waals surface area contributed by atoms with Gasteiger partial charge < -0.3 is 0 Å². The van der Waals surface area contributed by atoms with Crippen molar-refractivity contribution in [3.63, 3.8) is 0 Å². The van der Waals surface area contributed by atoms with Crippen LogP contribution in [0.15, 0.2) is 0 Å². The molecule has 0 unspecified atom stereocenters. The molecule has 5 heteroatoms. The Morgan fingerprint density at radius 3 is 2.83 bits per heavy atom. The molecule has 1 aromatic rings. The van der Waals surface area contributed by atoms with Crippen LogP contribution in [0.3, 0.4) is 0 Å². The summed E-state index contributed by atoms with van der Waals surface area (Å²) in [5, 5.41) is 21.6. The first-order valence-corrected chi connectivity index (χ1v) is 4.26. The summed E-state index contributed by atoms with van der Waals surface area (Å²) in [4.78, 5) is 0. The fourth-order valence-corrected chi connectivity index (χ4v) is 1.74. The summed E-state index contributed by atoms with van der Waals surface area (Å²) < 4.78 is 1.69. The Kier molecular flexibility index (Phi) is 2.03. The third-order valence-corrected chi connectivity index (χ3v) is 2.36. The third-order valence-electron chi connectivity index (χ3n) is 2.36. The Hall–Kier alpha value is -0.970. The molecule has 0 spiro atoms. The first-order valence-electron chi connectivity index (χ1n) is 4.26. The zero-order valence-corrected chi connectivity index (χ0v) is 6.81. The van der Waals surface area contributed by atoms with Gasteiger partial charge in [0, 0.05) is 0 Å². The van der Waals surface area contributed by atoms with Gasteiger partial charge in [0.15, 0.2) is 5.82 Å². The molecule has 5 nitrogen and oxygen atoms in total. The number of hydrogen-bond donors (Lipinski definition) is 0. The van der Waals surface area contributed by atoms with E-state index in [1.165, 1.54) is 12.8 Å². The molecule has 0 aromatic carbocycles. The summed E-state index contributed by atoms with van der Waals surface area (Å²) in [6.07, 6.45) is 4.67. The second-order valence-electron chi connectivity index (χ2n) is 3.12. The van der Waals surface area contributed by atoms with Crippen LogP contribution in [0.4, 0.5) is 0 Å². The van der Waals surface area contributed by atoms with E-state index in [4.69, 9.17) is 0 Å². The molecule has 2 rings (SSSR count). The topological polar surface area (TPSA) is 63.5 Å². The summed E-state index contributed by atoms with van der Waals surface area (Å²) in [6.45, 7) is -0.316. The van der Waals surface area contributed by atoms with Crippen LogP contribution in [-0.4, -0.2) is 20.2 Å². The van der Waals surface area contributed by atoms with E-state index in [0.29, 0.717) is 11.9 Å². The van der Waals surface area contributed by atoms with Crippen LogP contribution >= 0.6 is 0 Å². The first-order chi connectivity index (χ1) is 5.92. The molecule has 1 aliphatic rings. The molecule has 1 saturated carbocycles. The summed E-state index contributed by atoms with van der Waals surface area (Å²) >= 11 is 0. The highest BCUT2D eigenvalue weighted by Gasteiger charge is 2.20. The first kappa shape index (κ1) is 7.67. The van der Waals surface area contributed by atoms with Crippen LogP contribution in [0.2, 0.25) is 0 Å². The van der Waals surface area contributed by atoms with Gasteiger partial charge in [-0.25, -0.2) is 9.79 Å². The molecule has 0 atom stereocenters. The van der Waals surface area contributed by atoms with Crippen molar-refractivity contribution < 1.29 is 5.11 Å². The van der Waals surface area contributed by atoms with E-state index in [0.717, 1.165) is 12.8 Å². The number of rotatable bonds is 2. The maximum Gasteiger partial charge on any atom is 0.180 e. The highest BCUT2D eigenvalue weighted by molar-refractivity contribution is 4.83. The molecule has 1 aromatic heterocycles. The Balaban J connectivity index is 2.19. The predicted molar refractivity (Wildman–Crippen MR) is 39.7 cm³/mol. The molecule has 1 radical (unpaired) electrons. The second-order valence-corrected chi connectivity index (χ2v) is 3.12. The van der Waals surface area contributed by atoms with Crippen molar-refractivity contribution in [2.45, 2.75) is 38.3 Å². The van der Waals surface area contributed by atoms with Gasteiger partial charge in [-0.2, -0.15) is 0 Å². The quantitative estimate of drug-likeness (QED) is 0.651. The Bertz CT molecular complexity index is 254. The molecular weight excluding hydrogens is 156 g/mol. The molecule has 65 valence electrons. The predicted octanol–water partition coefficient (Wildman–Crippen LogP) is 0.719. The standard InChI is InChI=1S/C7H11N4O/c12-5-7-8-9-10-11(7)6-3-1-2-4-6/h6H,1-5H2. The second kappa shape index (κ2) is 3.18. The summed E-state index contributed by atoms with van der Waals surface area (Å²) in [7, 11) is 0. The SMILES string of the molecule is [O]Cc1nnnn1C1CCCC1. The molecule has 12 heavy (non-hydrogen) atoms. The molecule has 1 heterocycles. The van der Waals surface area contributed by atoms with Crippen molar-refractivity contribution in [3.8, 4) is 0 Å². The van der Waals surface area contributed by atoms with E-state index < -0.39 is 0 Å². The van der Waals surface area contributed by atoms with Gasteiger partial charge in [-0.3, -0.25) is 0 Å². The average molecular weight is 167 g/mol. The van der Waals surface area contributed by atoms with E-state index in [1.807, 2.05) is 0 Å². The van der Waals surface area contributed by atoms with Crippen LogP contribution in [0.1, 0.15) is 37.5 Å². The number of tetrazole rings is 1. The largest absolute Gasteiger partial charge is 0.228 e. The Morgan fingerprint density at radius 1 is 1.42 bits per heavy atom. The van der Waals surface area contributed by atoms with E-state index >= 15 is 0 Å². The van der Waals surface area contributed by atoms with E-state index in [1.54, 1.807) is 4.68 Å². The highest BCUT2D eigenvalue weighted by Crippen LogP contribution is 2.28. The smallest absolute Gasteiger partial charge is 0.180 e. The van der Waals surface area contributed by atoms with Crippen molar-refractivity contribution in [2.75, 3.05) is 0 Å². The lowest BCUT2D eigenvalue weighted by atomic mass is 10.2. The van der Waals surface area contributed by atoms with Crippen molar-refractivity contribution in [2.24, 2.45) is 0 Å². The molecule has 0 bridgehead atoms. The van der Waals surface area contributed by atoms with Gasteiger partial charge in [-0.15, -0.1) is 5.10 Å². The van der Waals surface area contributed by atoms with E-state index in [-0.39, 0.29) is 6.61 Å². The normalized spacial score (nSPS) is 18.8. The number of nitrogens with zero attached hydrogens (tertiary/aromatic N) is 4. The van der Waals surface area contributed by atoms with Gasteiger partial charge in [-0.05, 0) is 23.3 Å². The minimum absolute atomic E-state index is 0.316. The summed E-state index contributed by atoms with van der Waals surface area (Å²) in [6, 6.07) is 0.379. The van der Waals surface area contributed by atoms with Crippen LogP contribution in [-0.2, 0) is 11.7 Å². The molecule has 1 aliphatic carbocycles. The van der Waals surface area contributed by atoms with Crippen molar-refractivity contribution in [1.29, 1.82) is 0 Å². The zero-order chi connectivity index (χ0) is 8.39. The molecule has 0 amide bonds. The number of aromatic nitrogens is 4. The summed E-state index contributed by atoms with van der Waals surface area (Å²) in [5.41, 5.74) is 0. The van der Waals surface area contributed by atoms with Crippen LogP contribution in [0.25, 0.3) is 0 Å². The van der Waals surface area contributed by atoms with Crippen LogP contribution in [0, 0.1) is 0 Å². The molecule has 0 N–H and O–H groups in total. The van der Waals surface area contributed by atoms with E-state index in [9.17, 15) is 5.11 Å². The fraction of sp³-hybridized carbons (Fsp3) is 0.857. The highest BCUT2D eigenvalue weighted by atomic mass is 16.3. The maximum atomic E-state index is 10.6. The molecule has 1 fully saturated rings. The lowest BCUT2D eigenvalue weighted by Gasteiger charge is -2.08. The average Bonchev–Trinajstić information content (AvgIpc) is 2.74. The van der Waals surface area contributed by atoms with Crippen molar-refractivity contribution in [3.05, 3.63) is 5.82 Å². The zero-order valence-electron chi connectivity index (χ0n) is 6.81. The van der Waals surface area contributed by atoms with Crippen LogP contribution in [0.5, 0.6) is 0 Å². The number of hydrogen-bond acceptors (Lipinski definition) is 3. The van der Waals surface area contributed by atoms with Crippen LogP contribution < -0.4 is 0 Å². The van der Waals surface area contributed by atoms with Gasteiger partial charge in [0.2, 0.25) is 0 Å².